The molecule has 3 N–H and O–H groups in total. The van der Waals surface area contributed by atoms with Crippen LogP contribution in [0.3, 0.4) is 0 Å². The van der Waals surface area contributed by atoms with Crippen molar-refractivity contribution < 1.29 is 14.3 Å². The van der Waals surface area contributed by atoms with Gasteiger partial charge < -0.3 is 25.4 Å². The molecule has 0 radical (unpaired) electrons. The van der Waals surface area contributed by atoms with E-state index in [1.54, 1.807) is 7.11 Å². The Balaban J connectivity index is 1.67. The van der Waals surface area contributed by atoms with Crippen LogP contribution in [0, 0.1) is 0 Å². The Labute approximate surface area is 172 Å². The SMILES string of the molecule is CCNC(=NCC(=O)NCCc1ccccc1)NCCOc1ccc(OC)cc1. The van der Waals surface area contributed by atoms with Crippen molar-refractivity contribution in [3.8, 4) is 11.5 Å². The Morgan fingerprint density at radius 3 is 2.34 bits per heavy atom. The van der Waals surface area contributed by atoms with Crippen LogP contribution in [0.5, 0.6) is 11.5 Å². The van der Waals surface area contributed by atoms with Crippen LogP contribution in [0.1, 0.15) is 12.5 Å². The molecule has 0 fully saturated rings. The first-order chi connectivity index (χ1) is 14.2. The molecule has 0 aliphatic rings. The topological polar surface area (TPSA) is 84.0 Å². The molecule has 0 saturated heterocycles. The number of benzene rings is 2. The summed E-state index contributed by atoms with van der Waals surface area (Å²) >= 11 is 0. The van der Waals surface area contributed by atoms with E-state index in [1.807, 2.05) is 61.5 Å². The van der Waals surface area contributed by atoms with E-state index in [-0.39, 0.29) is 12.5 Å². The van der Waals surface area contributed by atoms with E-state index >= 15 is 0 Å². The van der Waals surface area contributed by atoms with E-state index in [4.69, 9.17) is 9.47 Å². The number of carbonyl (C=O) groups excluding carboxylic acids is 1. The highest BCUT2D eigenvalue weighted by Gasteiger charge is 2.02. The Morgan fingerprint density at radius 1 is 0.931 bits per heavy atom. The molecule has 0 heterocycles. The molecule has 1 amide bonds. The largest absolute Gasteiger partial charge is 0.497 e. The second kappa shape index (κ2) is 13.0. The van der Waals surface area contributed by atoms with Crippen LogP contribution in [0.15, 0.2) is 59.6 Å². The van der Waals surface area contributed by atoms with Crippen LogP contribution in [0.25, 0.3) is 0 Å². The maximum absolute atomic E-state index is 12.0. The molecule has 2 aromatic carbocycles. The van der Waals surface area contributed by atoms with Crippen LogP contribution in [-0.2, 0) is 11.2 Å². The monoisotopic (exact) mass is 398 g/mol. The number of ether oxygens (including phenoxy) is 2. The third-order valence-electron chi connectivity index (χ3n) is 4.03. The van der Waals surface area contributed by atoms with Crippen LogP contribution in [0.2, 0.25) is 0 Å². The van der Waals surface area contributed by atoms with Crippen LogP contribution in [0.4, 0.5) is 0 Å². The van der Waals surface area contributed by atoms with Crippen molar-refractivity contribution >= 4 is 11.9 Å². The Kier molecular flexibility index (Phi) is 9.93. The summed E-state index contributed by atoms with van der Waals surface area (Å²) < 4.78 is 10.8. The lowest BCUT2D eigenvalue weighted by Gasteiger charge is -2.12. The summed E-state index contributed by atoms with van der Waals surface area (Å²) in [6, 6.07) is 17.5. The molecule has 0 aliphatic carbocycles. The molecule has 0 unspecified atom stereocenters. The average molecular weight is 399 g/mol. The number of guanidine groups is 1. The van der Waals surface area contributed by atoms with Crippen molar-refractivity contribution in [1.82, 2.24) is 16.0 Å². The molecule has 156 valence electrons. The van der Waals surface area contributed by atoms with Crippen LogP contribution >= 0.6 is 0 Å². The van der Waals surface area contributed by atoms with Crippen molar-refractivity contribution in [2.75, 3.05) is 39.9 Å². The lowest BCUT2D eigenvalue weighted by molar-refractivity contribution is -0.119. The summed E-state index contributed by atoms with van der Waals surface area (Å²) in [5, 5.41) is 9.17. The van der Waals surface area contributed by atoms with E-state index < -0.39 is 0 Å². The van der Waals surface area contributed by atoms with Crippen molar-refractivity contribution in [3.05, 3.63) is 60.2 Å². The summed E-state index contributed by atoms with van der Waals surface area (Å²) in [7, 11) is 1.63. The number of methoxy groups -OCH3 is 1. The van der Waals surface area contributed by atoms with Gasteiger partial charge in [0.05, 0.1) is 13.7 Å². The molecule has 7 heteroatoms. The van der Waals surface area contributed by atoms with Gasteiger partial charge in [-0.1, -0.05) is 30.3 Å². The molecular formula is C22H30N4O3. The molecule has 2 rings (SSSR count). The smallest absolute Gasteiger partial charge is 0.241 e. The Hall–Kier alpha value is -3.22. The maximum atomic E-state index is 12.0. The predicted molar refractivity (Wildman–Crippen MR) is 116 cm³/mol. The zero-order chi connectivity index (χ0) is 20.7. The summed E-state index contributed by atoms with van der Waals surface area (Å²) in [6.07, 6.45) is 0.803. The summed E-state index contributed by atoms with van der Waals surface area (Å²) in [6.45, 7) is 4.39. The average Bonchev–Trinajstić information content (AvgIpc) is 2.76. The number of carbonyl (C=O) groups is 1. The highest BCUT2D eigenvalue weighted by Crippen LogP contribution is 2.16. The predicted octanol–water partition coefficient (Wildman–Crippen LogP) is 1.99. The lowest BCUT2D eigenvalue weighted by Crippen LogP contribution is -2.40. The van der Waals surface area contributed by atoms with Gasteiger partial charge in [-0.05, 0) is 43.2 Å². The third kappa shape index (κ3) is 9.01. The van der Waals surface area contributed by atoms with Gasteiger partial charge in [0.1, 0.15) is 24.7 Å². The first kappa shape index (κ1) is 22.1. The van der Waals surface area contributed by atoms with Gasteiger partial charge in [0, 0.05) is 13.1 Å². The van der Waals surface area contributed by atoms with E-state index in [0.717, 1.165) is 17.9 Å². The van der Waals surface area contributed by atoms with Crippen molar-refractivity contribution in [2.24, 2.45) is 4.99 Å². The molecule has 29 heavy (non-hydrogen) atoms. The van der Waals surface area contributed by atoms with Gasteiger partial charge >= 0.3 is 0 Å². The molecule has 2 aromatic rings. The molecule has 0 aliphatic heterocycles. The number of rotatable bonds is 11. The van der Waals surface area contributed by atoms with Crippen molar-refractivity contribution in [2.45, 2.75) is 13.3 Å². The minimum Gasteiger partial charge on any atom is -0.497 e. The zero-order valence-corrected chi connectivity index (χ0v) is 17.1. The number of nitrogens with one attached hydrogen (secondary N) is 3. The minimum absolute atomic E-state index is 0.0729. The van der Waals surface area contributed by atoms with Gasteiger partial charge in [-0.2, -0.15) is 0 Å². The highest BCUT2D eigenvalue weighted by atomic mass is 16.5. The molecule has 0 spiro atoms. The molecule has 0 aromatic heterocycles. The summed E-state index contributed by atoms with van der Waals surface area (Å²) in [5.74, 6) is 2.04. The fourth-order valence-corrected chi connectivity index (χ4v) is 2.55. The van der Waals surface area contributed by atoms with Gasteiger partial charge in [-0.15, -0.1) is 0 Å². The maximum Gasteiger partial charge on any atom is 0.241 e. The molecule has 7 nitrogen and oxygen atoms in total. The fourth-order valence-electron chi connectivity index (χ4n) is 2.55. The van der Waals surface area contributed by atoms with Gasteiger partial charge in [0.15, 0.2) is 5.96 Å². The number of amides is 1. The van der Waals surface area contributed by atoms with Crippen molar-refractivity contribution in [3.63, 3.8) is 0 Å². The van der Waals surface area contributed by atoms with Crippen molar-refractivity contribution in [1.29, 1.82) is 0 Å². The van der Waals surface area contributed by atoms with E-state index in [2.05, 4.69) is 20.9 Å². The molecule has 0 atom stereocenters. The summed E-state index contributed by atoms with van der Waals surface area (Å²) in [5.41, 5.74) is 1.20. The van der Waals surface area contributed by atoms with E-state index in [1.165, 1.54) is 5.56 Å². The number of nitrogens with zero attached hydrogens (tertiary/aromatic N) is 1. The van der Waals surface area contributed by atoms with Gasteiger partial charge in [-0.25, -0.2) is 4.99 Å². The first-order valence-electron chi connectivity index (χ1n) is 9.81. The van der Waals surface area contributed by atoms with Crippen LogP contribution < -0.4 is 25.4 Å². The third-order valence-corrected chi connectivity index (χ3v) is 4.03. The van der Waals surface area contributed by atoms with E-state index in [9.17, 15) is 4.79 Å². The molecular weight excluding hydrogens is 368 g/mol. The van der Waals surface area contributed by atoms with Gasteiger partial charge in [-0.3, -0.25) is 4.79 Å². The lowest BCUT2D eigenvalue weighted by atomic mass is 10.1. The number of hydrogen-bond donors (Lipinski definition) is 3. The fraction of sp³-hybridized carbons (Fsp3) is 0.364. The zero-order valence-electron chi connectivity index (χ0n) is 17.1. The quantitative estimate of drug-likeness (QED) is 0.306. The Morgan fingerprint density at radius 2 is 1.66 bits per heavy atom. The second-order valence-corrected chi connectivity index (χ2v) is 6.23. The molecule has 0 saturated carbocycles. The minimum atomic E-state index is -0.104. The Bertz CT molecular complexity index is 748. The second-order valence-electron chi connectivity index (χ2n) is 6.23. The van der Waals surface area contributed by atoms with E-state index in [0.29, 0.717) is 32.2 Å². The van der Waals surface area contributed by atoms with Gasteiger partial charge in [0.25, 0.3) is 0 Å². The molecule has 0 bridgehead atoms. The first-order valence-corrected chi connectivity index (χ1v) is 9.81. The number of aliphatic imine (C=N–C) groups is 1. The standard InChI is InChI=1S/C22H30N4O3/c1-3-23-22(25-15-16-29-20-11-9-19(28-2)10-12-20)26-17-21(27)24-14-13-18-7-5-4-6-8-18/h4-12H,3,13-17H2,1-2H3,(H,24,27)(H2,23,25,26). The normalized spacial score (nSPS) is 10.9. The number of hydrogen-bond acceptors (Lipinski definition) is 4. The van der Waals surface area contributed by atoms with Gasteiger partial charge in [0.2, 0.25) is 5.91 Å². The highest BCUT2D eigenvalue weighted by molar-refractivity contribution is 5.84. The van der Waals surface area contributed by atoms with Crippen LogP contribution in [-0.4, -0.2) is 51.8 Å². The summed E-state index contributed by atoms with van der Waals surface area (Å²) in [4.78, 5) is 16.3.